The Morgan fingerprint density at radius 2 is 1.65 bits per heavy atom. The minimum Gasteiger partial charge on any atom is -0.389 e. The standard InChI is InChI=1S/C15H12F3NO.C8H17NO.2CH2O/c1-8-3-10(6-11(16)4-8)15(20)19-12-5-9(2)14(18)13(17)7-12;1-8(10)5-3-4-6-9(2)7-8;2*1-2/h3-7H,1-2H3,(H,19,20);10H,3-7H2,1-2H3;2*1H2. The van der Waals surface area contributed by atoms with E-state index >= 15 is 0 Å². The lowest BCUT2D eigenvalue weighted by Crippen LogP contribution is -2.36. The number of carbonyl (C=O) groups is 3. The topological polar surface area (TPSA) is 86.7 Å². The van der Waals surface area contributed by atoms with Gasteiger partial charge in [-0.2, -0.15) is 0 Å². The second-order valence-electron chi connectivity index (χ2n) is 8.25. The number of hydrogen-bond donors (Lipinski definition) is 2. The summed E-state index contributed by atoms with van der Waals surface area (Å²) in [5.74, 6) is -3.12. The molecule has 1 heterocycles. The van der Waals surface area contributed by atoms with E-state index in [1.807, 2.05) is 20.5 Å². The number of nitrogens with one attached hydrogen (secondary N) is 1. The van der Waals surface area contributed by atoms with Crippen LogP contribution in [0.5, 0.6) is 0 Å². The van der Waals surface area contributed by atoms with Crippen molar-refractivity contribution in [2.75, 3.05) is 25.5 Å². The van der Waals surface area contributed by atoms with Crippen LogP contribution >= 0.6 is 0 Å². The predicted molar refractivity (Wildman–Crippen MR) is 126 cm³/mol. The number of anilines is 1. The monoisotopic (exact) mass is 482 g/mol. The molecule has 1 fully saturated rings. The van der Waals surface area contributed by atoms with E-state index in [1.165, 1.54) is 31.5 Å². The van der Waals surface area contributed by atoms with Gasteiger partial charge < -0.3 is 24.9 Å². The molecule has 188 valence electrons. The van der Waals surface area contributed by atoms with Crippen LogP contribution in [0.4, 0.5) is 18.9 Å². The van der Waals surface area contributed by atoms with Crippen LogP contribution < -0.4 is 5.32 Å². The molecule has 3 rings (SSSR count). The molecule has 34 heavy (non-hydrogen) atoms. The molecule has 1 atom stereocenters. The third-order valence-corrected chi connectivity index (χ3v) is 4.89. The quantitative estimate of drug-likeness (QED) is 0.660. The highest BCUT2D eigenvalue weighted by atomic mass is 19.2. The van der Waals surface area contributed by atoms with Gasteiger partial charge in [0.15, 0.2) is 11.6 Å². The predicted octanol–water partition coefficient (Wildman–Crippen LogP) is 4.46. The number of amides is 1. The number of aliphatic hydroxyl groups is 1. The number of β-amino-alcohol motifs (C(OH)–C–C–N with tert-alkyl or cyclic N) is 1. The molecule has 2 N–H and O–H groups in total. The summed E-state index contributed by atoms with van der Waals surface area (Å²) < 4.78 is 39.6. The number of carbonyl (C=O) groups excluding carboxylic acids is 3. The molecule has 0 aromatic heterocycles. The van der Waals surface area contributed by atoms with E-state index in [2.05, 4.69) is 17.3 Å². The molecule has 2 aromatic rings. The van der Waals surface area contributed by atoms with Gasteiger partial charge in [-0.3, -0.25) is 4.79 Å². The first-order chi connectivity index (χ1) is 16.0. The van der Waals surface area contributed by atoms with E-state index in [9.17, 15) is 23.1 Å². The summed E-state index contributed by atoms with van der Waals surface area (Å²) in [6.07, 6.45) is 3.35. The van der Waals surface area contributed by atoms with Crippen molar-refractivity contribution >= 4 is 25.2 Å². The minimum atomic E-state index is -1.05. The lowest BCUT2D eigenvalue weighted by atomic mass is 10.0. The average molecular weight is 483 g/mol. The van der Waals surface area contributed by atoms with Gasteiger partial charge in [-0.05, 0) is 89.0 Å². The van der Waals surface area contributed by atoms with Crippen LogP contribution in [0, 0.1) is 31.3 Å². The van der Waals surface area contributed by atoms with Crippen LogP contribution in [-0.4, -0.2) is 55.2 Å². The van der Waals surface area contributed by atoms with E-state index in [1.54, 1.807) is 6.92 Å². The summed E-state index contributed by atoms with van der Waals surface area (Å²) in [4.78, 5) is 30.1. The van der Waals surface area contributed by atoms with E-state index in [4.69, 9.17) is 9.59 Å². The third kappa shape index (κ3) is 10.7. The van der Waals surface area contributed by atoms with Crippen molar-refractivity contribution in [3.63, 3.8) is 0 Å². The number of likely N-dealkylation sites (tertiary alicyclic amines) is 1. The summed E-state index contributed by atoms with van der Waals surface area (Å²) in [7, 11) is 2.07. The first kappa shape index (κ1) is 31.0. The molecular formula is C25H33F3N2O4. The zero-order chi connectivity index (χ0) is 26.5. The van der Waals surface area contributed by atoms with E-state index in [0.29, 0.717) is 5.56 Å². The van der Waals surface area contributed by atoms with Gasteiger partial charge in [0.05, 0.1) is 5.60 Å². The Labute approximate surface area is 198 Å². The molecular weight excluding hydrogens is 449 g/mol. The van der Waals surface area contributed by atoms with Crippen molar-refractivity contribution in [1.82, 2.24) is 4.90 Å². The van der Waals surface area contributed by atoms with Crippen LogP contribution in [0.1, 0.15) is 47.7 Å². The van der Waals surface area contributed by atoms with Gasteiger partial charge in [-0.15, -0.1) is 0 Å². The van der Waals surface area contributed by atoms with Crippen molar-refractivity contribution < 1.29 is 32.7 Å². The molecule has 1 aliphatic rings. The highest BCUT2D eigenvalue weighted by Gasteiger charge is 2.24. The summed E-state index contributed by atoms with van der Waals surface area (Å²) in [5.41, 5.74) is 0.469. The minimum absolute atomic E-state index is 0.0794. The molecule has 0 saturated carbocycles. The van der Waals surface area contributed by atoms with Gasteiger partial charge in [-0.25, -0.2) is 13.2 Å². The van der Waals surface area contributed by atoms with Crippen LogP contribution in [0.3, 0.4) is 0 Å². The summed E-state index contributed by atoms with van der Waals surface area (Å²) in [6, 6.07) is 6.06. The van der Waals surface area contributed by atoms with Crippen molar-refractivity contribution in [1.29, 1.82) is 0 Å². The fraction of sp³-hybridized carbons (Fsp3) is 0.400. The van der Waals surface area contributed by atoms with Crippen molar-refractivity contribution in [2.24, 2.45) is 0 Å². The normalized spacial score (nSPS) is 17.4. The third-order valence-electron chi connectivity index (χ3n) is 4.89. The fourth-order valence-corrected chi connectivity index (χ4v) is 3.50. The van der Waals surface area contributed by atoms with Gasteiger partial charge in [0.25, 0.3) is 5.91 Å². The molecule has 0 radical (unpaired) electrons. The van der Waals surface area contributed by atoms with Crippen LogP contribution in [0.2, 0.25) is 0 Å². The van der Waals surface area contributed by atoms with Gasteiger partial charge in [-0.1, -0.05) is 0 Å². The first-order valence-corrected chi connectivity index (χ1v) is 10.5. The highest BCUT2D eigenvalue weighted by molar-refractivity contribution is 6.04. The van der Waals surface area contributed by atoms with Gasteiger partial charge in [0.2, 0.25) is 0 Å². The maximum absolute atomic E-state index is 13.2. The Morgan fingerprint density at radius 1 is 1.03 bits per heavy atom. The second-order valence-corrected chi connectivity index (χ2v) is 8.25. The lowest BCUT2D eigenvalue weighted by molar-refractivity contribution is -0.0987. The highest BCUT2D eigenvalue weighted by Crippen LogP contribution is 2.20. The molecule has 0 spiro atoms. The maximum atomic E-state index is 13.2. The number of benzene rings is 2. The number of nitrogens with zero attached hydrogens (tertiary/aromatic N) is 1. The summed E-state index contributed by atoms with van der Waals surface area (Å²) >= 11 is 0. The number of likely N-dealkylation sites (N-methyl/N-ethyl adjacent to an activating group) is 1. The fourth-order valence-electron chi connectivity index (χ4n) is 3.50. The Hall–Kier alpha value is -3.04. The van der Waals surface area contributed by atoms with Gasteiger partial charge >= 0.3 is 0 Å². The molecule has 9 heteroatoms. The second kappa shape index (κ2) is 15.0. The number of aryl methyl sites for hydroxylation is 2. The van der Waals surface area contributed by atoms with Crippen LogP contribution in [-0.2, 0) is 9.59 Å². The first-order valence-electron chi connectivity index (χ1n) is 10.5. The maximum Gasteiger partial charge on any atom is 0.255 e. The SMILES string of the molecule is C=O.C=O.CN1CCCCC(C)(O)C1.Cc1cc(F)cc(C(=O)Nc2cc(C)c(F)c(F)c2)c1. The molecule has 1 unspecified atom stereocenters. The summed E-state index contributed by atoms with van der Waals surface area (Å²) in [5, 5.41) is 12.1. The molecule has 0 bridgehead atoms. The zero-order valence-corrected chi connectivity index (χ0v) is 20.1. The number of hydrogen-bond acceptors (Lipinski definition) is 5. The zero-order valence-electron chi connectivity index (χ0n) is 20.1. The molecule has 0 aliphatic carbocycles. The smallest absolute Gasteiger partial charge is 0.255 e. The number of halogens is 3. The Kier molecular flexibility index (Phi) is 13.6. The Balaban J connectivity index is 0.000000653. The average Bonchev–Trinajstić information content (AvgIpc) is 2.93. The molecule has 1 amide bonds. The Bertz CT molecular complexity index is 893. The van der Waals surface area contributed by atoms with E-state index < -0.39 is 29.0 Å². The molecule has 6 nitrogen and oxygen atoms in total. The van der Waals surface area contributed by atoms with Crippen molar-refractivity contribution in [3.05, 3.63) is 64.5 Å². The Morgan fingerprint density at radius 3 is 2.21 bits per heavy atom. The van der Waals surface area contributed by atoms with Crippen molar-refractivity contribution in [3.8, 4) is 0 Å². The van der Waals surface area contributed by atoms with E-state index in [-0.39, 0.29) is 16.8 Å². The van der Waals surface area contributed by atoms with Crippen LogP contribution in [0.15, 0.2) is 30.3 Å². The largest absolute Gasteiger partial charge is 0.389 e. The van der Waals surface area contributed by atoms with Gasteiger partial charge in [0, 0.05) is 23.9 Å². The molecule has 2 aromatic carbocycles. The van der Waals surface area contributed by atoms with E-state index in [0.717, 1.165) is 38.1 Å². The van der Waals surface area contributed by atoms with Crippen molar-refractivity contribution in [2.45, 2.75) is 45.6 Å². The van der Waals surface area contributed by atoms with Crippen LogP contribution in [0.25, 0.3) is 0 Å². The lowest BCUT2D eigenvalue weighted by Gasteiger charge is -2.24. The molecule has 1 saturated heterocycles. The van der Waals surface area contributed by atoms with Gasteiger partial charge in [0.1, 0.15) is 19.4 Å². The molecule has 1 aliphatic heterocycles. The summed E-state index contributed by atoms with van der Waals surface area (Å²) in [6.45, 7) is 10.9. The number of rotatable bonds is 2.